The molecule has 0 aliphatic heterocycles. The van der Waals surface area contributed by atoms with Crippen molar-refractivity contribution in [3.05, 3.63) is 42.7 Å². The molecule has 1 fully saturated rings. The van der Waals surface area contributed by atoms with E-state index in [-0.39, 0.29) is 0 Å². The molecule has 5 heteroatoms. The van der Waals surface area contributed by atoms with E-state index in [1.54, 1.807) is 0 Å². The van der Waals surface area contributed by atoms with Crippen molar-refractivity contribution >= 4 is 28.4 Å². The number of nitrogens with one attached hydrogen (secondary N) is 1. The van der Waals surface area contributed by atoms with Gasteiger partial charge in [0.25, 0.3) is 0 Å². The van der Waals surface area contributed by atoms with Crippen LogP contribution in [0.2, 0.25) is 0 Å². The highest BCUT2D eigenvalue weighted by atomic mass is 15.2. The van der Waals surface area contributed by atoms with E-state index in [0.717, 1.165) is 29.8 Å². The molecule has 0 spiro atoms. The zero-order valence-corrected chi connectivity index (χ0v) is 15.7. The van der Waals surface area contributed by atoms with Gasteiger partial charge >= 0.3 is 0 Å². The van der Waals surface area contributed by atoms with Crippen LogP contribution < -0.4 is 10.2 Å². The van der Waals surface area contributed by atoms with Gasteiger partial charge in [0.2, 0.25) is 5.95 Å². The smallest absolute Gasteiger partial charge is 0.229 e. The molecule has 0 bridgehead atoms. The summed E-state index contributed by atoms with van der Waals surface area (Å²) in [5, 5.41) is 4.46. The van der Waals surface area contributed by atoms with Crippen LogP contribution in [0.3, 0.4) is 0 Å². The predicted molar refractivity (Wildman–Crippen MR) is 108 cm³/mol. The van der Waals surface area contributed by atoms with E-state index in [2.05, 4.69) is 70.1 Å². The molecule has 1 aromatic carbocycles. The van der Waals surface area contributed by atoms with Crippen molar-refractivity contribution in [1.82, 2.24) is 14.5 Å². The molecule has 5 nitrogen and oxygen atoms in total. The monoisotopic (exact) mass is 349 g/mol. The lowest BCUT2D eigenvalue weighted by Gasteiger charge is -2.21. The molecule has 0 radical (unpaired) electrons. The second-order valence-corrected chi connectivity index (χ2v) is 6.98. The van der Waals surface area contributed by atoms with E-state index in [1.165, 1.54) is 31.4 Å². The molecule has 136 valence electrons. The van der Waals surface area contributed by atoms with Crippen LogP contribution in [0, 0.1) is 0 Å². The van der Waals surface area contributed by atoms with Crippen LogP contribution in [0.4, 0.5) is 17.3 Å². The third-order valence-corrected chi connectivity index (χ3v) is 5.43. The molecule has 4 rings (SSSR count). The highest BCUT2D eigenvalue weighted by molar-refractivity contribution is 5.77. The number of fused-ring (bicyclic) bond motifs is 1. The normalized spacial score (nSPS) is 14.8. The summed E-state index contributed by atoms with van der Waals surface area (Å²) in [6, 6.07) is 11.2. The Morgan fingerprint density at radius 2 is 1.81 bits per heavy atom. The molecule has 1 N–H and O–H groups in total. The molecular formula is C21H27N5. The standard InChI is InChI=1S/C21H27N5/c1-3-25(4-2)18-11-9-17(10-12-18)23-21-22-15-16-13-14-26(20(16)24-21)19-7-5-6-8-19/h9-15,19H,3-8H2,1-2H3,(H,22,23,24). The van der Waals surface area contributed by atoms with Crippen LogP contribution >= 0.6 is 0 Å². The van der Waals surface area contributed by atoms with Crippen molar-refractivity contribution in [1.29, 1.82) is 0 Å². The third-order valence-electron chi connectivity index (χ3n) is 5.43. The molecule has 1 saturated carbocycles. The van der Waals surface area contributed by atoms with Gasteiger partial charge in [0.1, 0.15) is 5.65 Å². The van der Waals surface area contributed by atoms with Crippen LogP contribution in [0.25, 0.3) is 11.0 Å². The lowest BCUT2D eigenvalue weighted by molar-refractivity contribution is 0.532. The number of rotatable bonds is 6. The fourth-order valence-electron chi connectivity index (χ4n) is 3.95. The Kier molecular flexibility index (Phi) is 4.78. The average Bonchev–Trinajstić information content (AvgIpc) is 3.33. The topological polar surface area (TPSA) is 46.0 Å². The van der Waals surface area contributed by atoms with Gasteiger partial charge in [0.15, 0.2) is 0 Å². The zero-order valence-electron chi connectivity index (χ0n) is 15.7. The number of hydrogen-bond donors (Lipinski definition) is 1. The first-order valence-corrected chi connectivity index (χ1v) is 9.74. The minimum Gasteiger partial charge on any atom is -0.372 e. The summed E-state index contributed by atoms with van der Waals surface area (Å²) in [7, 11) is 0. The predicted octanol–water partition coefficient (Wildman–Crippen LogP) is 5.14. The maximum atomic E-state index is 4.80. The van der Waals surface area contributed by atoms with Crippen LogP contribution in [-0.2, 0) is 0 Å². The van der Waals surface area contributed by atoms with Gasteiger partial charge in [-0.1, -0.05) is 12.8 Å². The van der Waals surface area contributed by atoms with Crippen molar-refractivity contribution in [3.63, 3.8) is 0 Å². The molecule has 2 heterocycles. The Morgan fingerprint density at radius 1 is 1.08 bits per heavy atom. The van der Waals surface area contributed by atoms with Gasteiger partial charge in [0, 0.05) is 48.3 Å². The molecule has 2 aromatic heterocycles. The summed E-state index contributed by atoms with van der Waals surface area (Å²) in [6.07, 6.45) is 9.23. The molecular weight excluding hydrogens is 322 g/mol. The number of benzene rings is 1. The highest BCUT2D eigenvalue weighted by Gasteiger charge is 2.19. The van der Waals surface area contributed by atoms with Crippen molar-refractivity contribution in [2.75, 3.05) is 23.3 Å². The molecule has 1 aliphatic rings. The summed E-state index contributed by atoms with van der Waals surface area (Å²) >= 11 is 0. The molecule has 1 aliphatic carbocycles. The first-order valence-electron chi connectivity index (χ1n) is 9.74. The molecule has 26 heavy (non-hydrogen) atoms. The quantitative estimate of drug-likeness (QED) is 0.669. The molecule has 0 atom stereocenters. The molecule has 0 saturated heterocycles. The highest BCUT2D eigenvalue weighted by Crippen LogP contribution is 2.32. The van der Waals surface area contributed by atoms with E-state index in [0.29, 0.717) is 12.0 Å². The largest absolute Gasteiger partial charge is 0.372 e. The number of nitrogens with zero attached hydrogens (tertiary/aromatic N) is 4. The van der Waals surface area contributed by atoms with Crippen molar-refractivity contribution < 1.29 is 0 Å². The summed E-state index contributed by atoms with van der Waals surface area (Å²) in [5.74, 6) is 0.658. The Bertz CT molecular complexity index is 858. The average molecular weight is 349 g/mol. The Balaban J connectivity index is 1.56. The van der Waals surface area contributed by atoms with Gasteiger partial charge in [-0.2, -0.15) is 4.98 Å². The van der Waals surface area contributed by atoms with Crippen molar-refractivity contribution in [2.24, 2.45) is 0 Å². The van der Waals surface area contributed by atoms with Gasteiger partial charge in [-0.25, -0.2) is 4.98 Å². The van der Waals surface area contributed by atoms with E-state index in [4.69, 9.17) is 4.98 Å². The second kappa shape index (κ2) is 7.36. The SMILES string of the molecule is CCN(CC)c1ccc(Nc2ncc3ccn(C4CCCC4)c3n2)cc1. The first kappa shape index (κ1) is 16.9. The molecule has 0 unspecified atom stereocenters. The second-order valence-electron chi connectivity index (χ2n) is 6.98. The van der Waals surface area contributed by atoms with Gasteiger partial charge in [0.05, 0.1) is 0 Å². The zero-order chi connectivity index (χ0) is 17.9. The molecule has 0 amide bonds. The lowest BCUT2D eigenvalue weighted by Crippen LogP contribution is -2.21. The number of aromatic nitrogens is 3. The lowest BCUT2D eigenvalue weighted by atomic mass is 10.2. The number of anilines is 3. The van der Waals surface area contributed by atoms with Gasteiger partial charge in [-0.3, -0.25) is 0 Å². The van der Waals surface area contributed by atoms with Gasteiger partial charge in [-0.05, 0) is 57.0 Å². The van der Waals surface area contributed by atoms with Crippen molar-refractivity contribution in [2.45, 2.75) is 45.6 Å². The summed E-state index contributed by atoms with van der Waals surface area (Å²) in [5.41, 5.74) is 3.29. The Morgan fingerprint density at radius 3 is 2.50 bits per heavy atom. The minimum absolute atomic E-state index is 0.587. The van der Waals surface area contributed by atoms with Crippen LogP contribution in [0.15, 0.2) is 42.7 Å². The minimum atomic E-state index is 0.587. The van der Waals surface area contributed by atoms with Gasteiger partial charge in [-0.15, -0.1) is 0 Å². The van der Waals surface area contributed by atoms with Crippen LogP contribution in [0.1, 0.15) is 45.6 Å². The summed E-state index contributed by atoms with van der Waals surface area (Å²) in [4.78, 5) is 11.6. The third kappa shape index (κ3) is 3.26. The molecule has 3 aromatic rings. The Labute approximate surface area is 155 Å². The number of hydrogen-bond acceptors (Lipinski definition) is 4. The van der Waals surface area contributed by atoms with Gasteiger partial charge < -0.3 is 14.8 Å². The Hall–Kier alpha value is -2.56. The maximum Gasteiger partial charge on any atom is 0.229 e. The van der Waals surface area contributed by atoms with E-state index in [9.17, 15) is 0 Å². The van der Waals surface area contributed by atoms with Crippen LogP contribution in [-0.4, -0.2) is 27.6 Å². The van der Waals surface area contributed by atoms with Crippen molar-refractivity contribution in [3.8, 4) is 0 Å². The summed E-state index contributed by atoms with van der Waals surface area (Å²) < 4.78 is 2.33. The van der Waals surface area contributed by atoms with Crippen LogP contribution in [0.5, 0.6) is 0 Å². The fourth-order valence-corrected chi connectivity index (χ4v) is 3.95. The van der Waals surface area contributed by atoms with E-state index in [1.807, 2.05) is 6.20 Å². The summed E-state index contributed by atoms with van der Waals surface area (Å²) in [6.45, 7) is 6.39. The first-order chi connectivity index (χ1) is 12.8. The van der Waals surface area contributed by atoms with E-state index < -0.39 is 0 Å². The van der Waals surface area contributed by atoms with E-state index >= 15 is 0 Å². The fraction of sp³-hybridized carbons (Fsp3) is 0.429. The maximum absolute atomic E-state index is 4.80.